The third-order valence-corrected chi connectivity index (χ3v) is 5.18. The fourth-order valence-electron chi connectivity index (χ4n) is 1.87. The second-order valence-corrected chi connectivity index (χ2v) is 7.04. The Morgan fingerprint density at radius 1 is 1.50 bits per heavy atom. The first kappa shape index (κ1) is 13.9. The van der Waals surface area contributed by atoms with Crippen LogP contribution < -0.4 is 0 Å². The lowest BCUT2D eigenvalue weighted by atomic mass is 10.1. The van der Waals surface area contributed by atoms with Gasteiger partial charge in [0.05, 0.1) is 6.61 Å². The van der Waals surface area contributed by atoms with Crippen molar-refractivity contribution < 1.29 is 17.5 Å². The summed E-state index contributed by atoms with van der Waals surface area (Å²) >= 11 is 3.14. The Morgan fingerprint density at radius 3 is 2.78 bits per heavy atom. The molecule has 0 saturated carbocycles. The molecule has 1 heterocycles. The predicted molar refractivity (Wildman–Crippen MR) is 68.2 cm³/mol. The van der Waals surface area contributed by atoms with Crippen molar-refractivity contribution in [1.29, 1.82) is 0 Å². The lowest BCUT2D eigenvalue weighted by molar-refractivity contribution is 0.0820. The maximum atomic E-state index is 13.6. The maximum absolute atomic E-state index is 13.6. The summed E-state index contributed by atoms with van der Waals surface area (Å²) in [6, 6.07) is 3.90. The molecule has 7 heteroatoms. The average Bonchev–Trinajstić information content (AvgIpc) is 2.25. The molecule has 0 unspecified atom stereocenters. The summed E-state index contributed by atoms with van der Waals surface area (Å²) in [6.07, 6.45) is 0. The summed E-state index contributed by atoms with van der Waals surface area (Å²) in [5.74, 6) is -0.534. The van der Waals surface area contributed by atoms with Crippen molar-refractivity contribution >= 4 is 26.0 Å². The summed E-state index contributed by atoms with van der Waals surface area (Å²) in [6.45, 7) is 1.28. The number of rotatable bonds is 4. The Kier molecular flexibility index (Phi) is 4.05. The van der Waals surface area contributed by atoms with Crippen LogP contribution in [0.3, 0.4) is 0 Å². The minimum absolute atomic E-state index is 0.194. The van der Waals surface area contributed by atoms with E-state index in [4.69, 9.17) is 4.74 Å². The molecular formula is C11H13BrFNO3S. The zero-order valence-electron chi connectivity index (χ0n) is 9.77. The molecule has 1 aliphatic rings. The Hall–Kier alpha value is -0.500. The first-order valence-electron chi connectivity index (χ1n) is 5.39. The molecular weight excluding hydrogens is 325 g/mol. The molecule has 1 aromatic rings. The molecule has 100 valence electrons. The highest BCUT2D eigenvalue weighted by atomic mass is 79.9. The molecule has 4 nitrogen and oxygen atoms in total. The number of hydrogen-bond donors (Lipinski definition) is 0. The van der Waals surface area contributed by atoms with Gasteiger partial charge in [0, 0.05) is 30.6 Å². The number of sulfonamides is 1. The monoisotopic (exact) mass is 337 g/mol. The van der Waals surface area contributed by atoms with E-state index in [2.05, 4.69) is 15.9 Å². The predicted octanol–water partition coefficient (Wildman–Crippen LogP) is 1.86. The number of nitrogens with zero attached hydrogens (tertiary/aromatic N) is 1. The molecule has 1 saturated heterocycles. The van der Waals surface area contributed by atoms with Crippen LogP contribution in [-0.2, 0) is 14.8 Å². The normalized spacial score (nSPS) is 17.7. The van der Waals surface area contributed by atoms with Gasteiger partial charge in [0.1, 0.15) is 10.7 Å². The second-order valence-electron chi connectivity index (χ2n) is 4.22. The zero-order chi connectivity index (χ0) is 13.3. The van der Waals surface area contributed by atoms with Crippen LogP contribution in [0.4, 0.5) is 4.39 Å². The summed E-state index contributed by atoms with van der Waals surface area (Å²) in [7, 11) is -2.16. The van der Waals surface area contributed by atoms with Crippen molar-refractivity contribution in [1.82, 2.24) is 4.31 Å². The van der Waals surface area contributed by atoms with E-state index < -0.39 is 15.8 Å². The van der Waals surface area contributed by atoms with E-state index in [-0.39, 0.29) is 10.8 Å². The number of hydrogen-bond acceptors (Lipinski definition) is 3. The molecule has 0 aromatic heterocycles. The minimum atomic E-state index is -3.73. The quantitative estimate of drug-likeness (QED) is 0.842. The second kappa shape index (κ2) is 5.24. The van der Waals surface area contributed by atoms with Gasteiger partial charge in [0.2, 0.25) is 10.0 Å². The largest absolute Gasteiger partial charge is 0.384 e. The van der Waals surface area contributed by atoms with Crippen molar-refractivity contribution in [3.8, 4) is 0 Å². The molecule has 0 amide bonds. The van der Waals surface area contributed by atoms with Gasteiger partial charge < -0.3 is 4.74 Å². The van der Waals surface area contributed by atoms with Gasteiger partial charge in [-0.3, -0.25) is 0 Å². The van der Waals surface area contributed by atoms with Gasteiger partial charge >= 0.3 is 0 Å². The van der Waals surface area contributed by atoms with Gasteiger partial charge in [0.25, 0.3) is 0 Å². The van der Waals surface area contributed by atoms with E-state index in [1.165, 1.54) is 16.4 Å². The van der Waals surface area contributed by atoms with Crippen LogP contribution in [0.2, 0.25) is 0 Å². The van der Waals surface area contributed by atoms with Gasteiger partial charge in [-0.2, -0.15) is 4.31 Å². The molecule has 0 spiro atoms. The van der Waals surface area contributed by atoms with Crippen LogP contribution in [0.1, 0.15) is 0 Å². The van der Waals surface area contributed by atoms with Gasteiger partial charge in [-0.1, -0.05) is 15.9 Å². The first-order chi connectivity index (χ1) is 8.45. The molecule has 0 atom stereocenters. The molecule has 0 aliphatic carbocycles. The van der Waals surface area contributed by atoms with E-state index in [0.29, 0.717) is 24.2 Å². The molecule has 18 heavy (non-hydrogen) atoms. The molecule has 0 bridgehead atoms. The van der Waals surface area contributed by atoms with E-state index in [1.54, 1.807) is 7.11 Å². The summed E-state index contributed by atoms with van der Waals surface area (Å²) in [4.78, 5) is -0.284. The number of benzene rings is 1. The molecule has 0 N–H and O–H groups in total. The Bertz CT molecular complexity index is 543. The third kappa shape index (κ3) is 2.59. The fourth-order valence-corrected chi connectivity index (χ4v) is 4.07. The summed E-state index contributed by atoms with van der Waals surface area (Å²) in [5, 5.41) is 0. The van der Waals surface area contributed by atoms with Crippen molar-refractivity contribution in [2.45, 2.75) is 4.90 Å². The Morgan fingerprint density at radius 2 is 2.17 bits per heavy atom. The highest BCUT2D eigenvalue weighted by Gasteiger charge is 2.37. The van der Waals surface area contributed by atoms with Crippen LogP contribution in [-0.4, -0.2) is 39.5 Å². The van der Waals surface area contributed by atoms with Crippen molar-refractivity contribution in [3.05, 3.63) is 28.5 Å². The van der Waals surface area contributed by atoms with Gasteiger partial charge in [-0.25, -0.2) is 12.8 Å². The SMILES string of the molecule is COCC1CN(S(=O)(=O)c2cc(Br)ccc2F)C1. The highest BCUT2D eigenvalue weighted by molar-refractivity contribution is 9.10. The summed E-state index contributed by atoms with van der Waals surface area (Å²) < 4.78 is 44.7. The Balaban J connectivity index is 2.20. The van der Waals surface area contributed by atoms with E-state index in [9.17, 15) is 12.8 Å². The number of ether oxygens (including phenoxy) is 1. The van der Waals surface area contributed by atoms with E-state index in [1.807, 2.05) is 0 Å². The van der Waals surface area contributed by atoms with Crippen LogP contribution in [0.5, 0.6) is 0 Å². The first-order valence-corrected chi connectivity index (χ1v) is 7.62. The van der Waals surface area contributed by atoms with Gasteiger partial charge in [-0.05, 0) is 18.2 Å². The molecule has 2 rings (SSSR count). The summed E-state index contributed by atoms with van der Waals surface area (Å²) in [5.41, 5.74) is 0. The maximum Gasteiger partial charge on any atom is 0.246 e. The third-order valence-electron chi connectivity index (χ3n) is 2.84. The lowest BCUT2D eigenvalue weighted by Gasteiger charge is -2.37. The number of halogens is 2. The molecule has 1 aromatic carbocycles. The van der Waals surface area contributed by atoms with Gasteiger partial charge in [-0.15, -0.1) is 0 Å². The lowest BCUT2D eigenvalue weighted by Crippen LogP contribution is -2.51. The highest BCUT2D eigenvalue weighted by Crippen LogP contribution is 2.28. The minimum Gasteiger partial charge on any atom is -0.384 e. The van der Waals surface area contributed by atoms with Crippen LogP contribution >= 0.6 is 15.9 Å². The molecule has 1 fully saturated rings. The zero-order valence-corrected chi connectivity index (χ0v) is 12.2. The standard InChI is InChI=1S/C11H13BrFNO3S/c1-17-7-8-5-14(6-8)18(15,16)11-4-9(12)2-3-10(11)13/h2-4,8H,5-7H2,1H3. The van der Waals surface area contributed by atoms with Crippen molar-refractivity contribution in [3.63, 3.8) is 0 Å². The smallest absolute Gasteiger partial charge is 0.246 e. The van der Waals surface area contributed by atoms with Crippen LogP contribution in [0, 0.1) is 11.7 Å². The van der Waals surface area contributed by atoms with Crippen molar-refractivity contribution in [2.24, 2.45) is 5.92 Å². The van der Waals surface area contributed by atoms with Crippen LogP contribution in [0.15, 0.2) is 27.6 Å². The average molecular weight is 338 g/mol. The van der Waals surface area contributed by atoms with E-state index in [0.717, 1.165) is 6.07 Å². The fraction of sp³-hybridized carbons (Fsp3) is 0.455. The van der Waals surface area contributed by atoms with Crippen LogP contribution in [0.25, 0.3) is 0 Å². The van der Waals surface area contributed by atoms with Crippen molar-refractivity contribution in [2.75, 3.05) is 26.8 Å². The Labute approximate surface area is 114 Å². The number of methoxy groups -OCH3 is 1. The molecule has 0 radical (unpaired) electrons. The van der Waals surface area contributed by atoms with E-state index >= 15 is 0 Å². The van der Waals surface area contributed by atoms with Gasteiger partial charge in [0.15, 0.2) is 0 Å². The topological polar surface area (TPSA) is 46.6 Å². The molecule has 1 aliphatic heterocycles.